The number of rotatable bonds is 5. The van der Waals surface area contributed by atoms with Crippen molar-refractivity contribution < 1.29 is 9.53 Å². The molecule has 1 unspecified atom stereocenters. The number of carbonyl (C=O) groups excluding carboxylic acids is 1. The van der Waals surface area contributed by atoms with Crippen molar-refractivity contribution in [2.75, 3.05) is 32.8 Å². The van der Waals surface area contributed by atoms with Gasteiger partial charge in [-0.1, -0.05) is 38.1 Å². The van der Waals surface area contributed by atoms with Crippen LogP contribution in [0.1, 0.15) is 42.1 Å². The van der Waals surface area contributed by atoms with Gasteiger partial charge in [-0.2, -0.15) is 0 Å². The van der Waals surface area contributed by atoms with Gasteiger partial charge in [0.25, 0.3) is 0 Å². The normalized spacial score (nSPS) is 18.2. The van der Waals surface area contributed by atoms with Crippen molar-refractivity contribution in [2.45, 2.75) is 26.2 Å². The van der Waals surface area contributed by atoms with Gasteiger partial charge >= 0.3 is 0 Å². The van der Waals surface area contributed by atoms with Gasteiger partial charge in [-0.05, 0) is 17.9 Å². The number of nitrogens with zero attached hydrogens (tertiary/aromatic N) is 1. The van der Waals surface area contributed by atoms with E-state index < -0.39 is 0 Å². The van der Waals surface area contributed by atoms with Gasteiger partial charge in [-0.15, -0.1) is 0 Å². The molecular weight excluding hydrogens is 238 g/mol. The number of hydrogen-bond donors (Lipinski definition) is 0. The van der Waals surface area contributed by atoms with E-state index in [1.54, 1.807) is 0 Å². The largest absolute Gasteiger partial charge is 0.379 e. The highest BCUT2D eigenvalue weighted by molar-refractivity contribution is 5.97. The van der Waals surface area contributed by atoms with Crippen molar-refractivity contribution in [1.29, 1.82) is 0 Å². The molecule has 3 heteroatoms. The summed E-state index contributed by atoms with van der Waals surface area (Å²) in [6.07, 6.45) is 1.13. The first-order valence-corrected chi connectivity index (χ1v) is 7.14. The minimum Gasteiger partial charge on any atom is -0.379 e. The molecule has 0 saturated carbocycles. The first-order valence-electron chi connectivity index (χ1n) is 7.14. The number of benzene rings is 1. The number of ether oxygens (including phenoxy) is 1. The lowest BCUT2D eigenvalue weighted by Gasteiger charge is -2.25. The first-order chi connectivity index (χ1) is 9.20. The van der Waals surface area contributed by atoms with Crippen LogP contribution in [0.3, 0.4) is 0 Å². The van der Waals surface area contributed by atoms with Gasteiger partial charge in [0.1, 0.15) is 0 Å². The highest BCUT2D eigenvalue weighted by Gasteiger charge is 2.15. The molecule has 1 aromatic rings. The number of Topliss-reactive ketones (excluding diaryl/α,β-unsaturated/α-hetero) is 1. The smallest absolute Gasteiger partial charge is 0.176 e. The molecular formula is C16H23NO2. The van der Waals surface area contributed by atoms with Crippen LogP contribution >= 0.6 is 0 Å². The van der Waals surface area contributed by atoms with Crippen molar-refractivity contribution in [1.82, 2.24) is 4.90 Å². The molecule has 0 spiro atoms. The van der Waals surface area contributed by atoms with Crippen molar-refractivity contribution in [3.8, 4) is 0 Å². The summed E-state index contributed by atoms with van der Waals surface area (Å²) in [6, 6.07) is 8.09. The highest BCUT2D eigenvalue weighted by atomic mass is 16.5. The minimum atomic E-state index is 0.206. The van der Waals surface area contributed by atoms with Crippen LogP contribution in [0.15, 0.2) is 24.3 Å². The lowest BCUT2D eigenvalue weighted by Crippen LogP contribution is -2.39. The van der Waals surface area contributed by atoms with Gasteiger partial charge in [0.15, 0.2) is 5.78 Å². The topological polar surface area (TPSA) is 29.5 Å². The maximum absolute atomic E-state index is 12.2. The van der Waals surface area contributed by atoms with E-state index in [1.807, 2.05) is 12.1 Å². The number of morpholine rings is 1. The third kappa shape index (κ3) is 3.88. The van der Waals surface area contributed by atoms with Gasteiger partial charge in [-0.25, -0.2) is 0 Å². The maximum atomic E-state index is 12.2. The van der Waals surface area contributed by atoms with E-state index in [1.165, 1.54) is 5.56 Å². The summed E-state index contributed by atoms with van der Waals surface area (Å²) in [4.78, 5) is 14.3. The Balaban J connectivity index is 1.95. The van der Waals surface area contributed by atoms with Crippen LogP contribution in [0.25, 0.3) is 0 Å². The van der Waals surface area contributed by atoms with E-state index >= 15 is 0 Å². The summed E-state index contributed by atoms with van der Waals surface area (Å²) in [5, 5.41) is 0. The Morgan fingerprint density at radius 2 is 1.89 bits per heavy atom. The molecule has 1 fully saturated rings. The van der Waals surface area contributed by atoms with Crippen molar-refractivity contribution in [3.63, 3.8) is 0 Å². The summed E-state index contributed by atoms with van der Waals surface area (Å²) >= 11 is 0. The summed E-state index contributed by atoms with van der Waals surface area (Å²) in [5.74, 6) is 0.765. The predicted molar refractivity (Wildman–Crippen MR) is 76.7 cm³/mol. The Morgan fingerprint density at radius 1 is 1.26 bits per heavy atom. The van der Waals surface area contributed by atoms with Gasteiger partial charge < -0.3 is 4.74 Å². The van der Waals surface area contributed by atoms with Crippen molar-refractivity contribution in [3.05, 3.63) is 35.4 Å². The molecule has 2 rings (SSSR count). The number of ketones is 1. The molecule has 1 aromatic carbocycles. The lowest BCUT2D eigenvalue weighted by molar-refractivity contribution is 0.0371. The van der Waals surface area contributed by atoms with Crippen LogP contribution in [0.2, 0.25) is 0 Å². The summed E-state index contributed by atoms with van der Waals surface area (Å²) in [6.45, 7) is 8.09. The fraction of sp³-hybridized carbons (Fsp3) is 0.562. The molecule has 0 aromatic heterocycles. The molecule has 1 saturated heterocycles. The first kappa shape index (κ1) is 14.2. The molecule has 0 aliphatic carbocycles. The molecule has 0 bridgehead atoms. The van der Waals surface area contributed by atoms with Crippen LogP contribution in [0, 0.1) is 0 Å². The molecule has 0 amide bonds. The quantitative estimate of drug-likeness (QED) is 0.763. The minimum absolute atomic E-state index is 0.206. The second kappa shape index (κ2) is 6.83. The van der Waals surface area contributed by atoms with Crippen LogP contribution in [0.5, 0.6) is 0 Å². The summed E-state index contributed by atoms with van der Waals surface area (Å²) < 4.78 is 5.29. The molecule has 1 atom stereocenters. The Labute approximate surface area is 115 Å². The molecule has 1 aliphatic heterocycles. The average molecular weight is 261 g/mol. The zero-order valence-electron chi connectivity index (χ0n) is 11.9. The fourth-order valence-electron chi connectivity index (χ4n) is 2.29. The Hall–Kier alpha value is -1.19. The monoisotopic (exact) mass is 261 g/mol. The van der Waals surface area contributed by atoms with E-state index in [0.29, 0.717) is 12.5 Å². The van der Waals surface area contributed by atoms with E-state index in [4.69, 9.17) is 4.74 Å². The van der Waals surface area contributed by atoms with Gasteiger partial charge in [-0.3, -0.25) is 9.69 Å². The fourth-order valence-corrected chi connectivity index (χ4v) is 2.29. The van der Waals surface area contributed by atoms with Gasteiger partial charge in [0.05, 0.1) is 19.8 Å². The molecule has 19 heavy (non-hydrogen) atoms. The SMILES string of the molecule is CCC(C)c1ccc(C(=O)CN2CCOCC2)cc1. The molecule has 1 heterocycles. The van der Waals surface area contributed by atoms with Crippen molar-refractivity contribution in [2.24, 2.45) is 0 Å². The molecule has 1 aliphatic rings. The summed E-state index contributed by atoms with van der Waals surface area (Å²) in [5.41, 5.74) is 2.13. The predicted octanol–water partition coefficient (Wildman–Crippen LogP) is 2.72. The van der Waals surface area contributed by atoms with Crippen LogP contribution in [-0.4, -0.2) is 43.5 Å². The van der Waals surface area contributed by atoms with E-state index in [0.717, 1.165) is 38.3 Å². The third-order valence-corrected chi connectivity index (χ3v) is 3.88. The lowest BCUT2D eigenvalue weighted by atomic mass is 9.97. The van der Waals surface area contributed by atoms with E-state index in [-0.39, 0.29) is 5.78 Å². The van der Waals surface area contributed by atoms with Gasteiger partial charge in [0.2, 0.25) is 0 Å². The zero-order valence-corrected chi connectivity index (χ0v) is 11.9. The standard InChI is InChI=1S/C16H23NO2/c1-3-13(2)14-4-6-15(7-5-14)16(18)12-17-8-10-19-11-9-17/h4-7,13H,3,8-12H2,1-2H3. The second-order valence-electron chi connectivity index (χ2n) is 5.24. The Morgan fingerprint density at radius 3 is 2.47 bits per heavy atom. The van der Waals surface area contributed by atoms with E-state index in [9.17, 15) is 4.79 Å². The molecule has 3 nitrogen and oxygen atoms in total. The zero-order chi connectivity index (χ0) is 13.7. The summed E-state index contributed by atoms with van der Waals surface area (Å²) in [7, 11) is 0. The number of hydrogen-bond acceptors (Lipinski definition) is 3. The van der Waals surface area contributed by atoms with Gasteiger partial charge in [0, 0.05) is 18.7 Å². The molecule has 0 N–H and O–H groups in total. The Kier molecular flexibility index (Phi) is 5.11. The third-order valence-electron chi connectivity index (χ3n) is 3.88. The molecule has 104 valence electrons. The van der Waals surface area contributed by atoms with E-state index in [2.05, 4.69) is 30.9 Å². The van der Waals surface area contributed by atoms with Crippen LogP contribution in [-0.2, 0) is 4.74 Å². The Bertz CT molecular complexity index is 407. The second-order valence-corrected chi connectivity index (χ2v) is 5.24. The average Bonchev–Trinajstić information content (AvgIpc) is 2.47. The van der Waals surface area contributed by atoms with Crippen LogP contribution < -0.4 is 0 Å². The molecule has 0 radical (unpaired) electrons. The number of carbonyl (C=O) groups is 1. The van der Waals surface area contributed by atoms with Crippen LogP contribution in [0.4, 0.5) is 0 Å². The highest BCUT2D eigenvalue weighted by Crippen LogP contribution is 2.19. The van der Waals surface area contributed by atoms with Crippen molar-refractivity contribution >= 4 is 5.78 Å². The maximum Gasteiger partial charge on any atom is 0.176 e.